The molecular weight excluding hydrogens is 526 g/mol. The zero-order valence-electron chi connectivity index (χ0n) is 23.5. The molecule has 0 radical (unpaired) electrons. The van der Waals surface area contributed by atoms with Crippen LogP contribution < -0.4 is 20.7 Å². The summed E-state index contributed by atoms with van der Waals surface area (Å²) in [5, 5.41) is 11.5. The number of rotatable bonds is 10. The summed E-state index contributed by atoms with van der Waals surface area (Å²) in [6.07, 6.45) is 7.51. The minimum Gasteiger partial charge on any atom is -0.492 e. The molecule has 3 aromatic carbocycles. The number of hydrogen-bond donors (Lipinski definition) is 3. The van der Waals surface area contributed by atoms with Crippen molar-refractivity contribution in [3.8, 4) is 5.75 Å². The van der Waals surface area contributed by atoms with E-state index in [1.54, 1.807) is 18.6 Å². The first kappa shape index (κ1) is 27.2. The van der Waals surface area contributed by atoms with Gasteiger partial charge in [-0.1, -0.05) is 30.3 Å². The fourth-order valence-corrected chi connectivity index (χ4v) is 5.02. The molecule has 1 aliphatic heterocycles. The third-order valence-electron chi connectivity index (χ3n) is 7.31. The molecule has 0 aliphatic carbocycles. The molecular formula is C33H33N7O2. The van der Waals surface area contributed by atoms with Crippen LogP contribution in [0.4, 0.5) is 28.8 Å². The van der Waals surface area contributed by atoms with Crippen LogP contribution in [-0.4, -0.2) is 52.0 Å². The topological polar surface area (TPSA) is 104 Å². The Morgan fingerprint density at radius 2 is 1.62 bits per heavy atom. The van der Waals surface area contributed by atoms with Crippen LogP contribution >= 0.6 is 0 Å². The summed E-state index contributed by atoms with van der Waals surface area (Å²) in [6.45, 7) is 5.89. The van der Waals surface area contributed by atoms with E-state index in [1.807, 2.05) is 79.7 Å². The fraction of sp³-hybridized carbons (Fsp3) is 0.212. The Morgan fingerprint density at radius 1 is 0.857 bits per heavy atom. The second-order valence-corrected chi connectivity index (χ2v) is 10.3. The summed E-state index contributed by atoms with van der Waals surface area (Å²) in [5.41, 5.74) is 3.52. The molecule has 9 nitrogen and oxygen atoms in total. The summed E-state index contributed by atoms with van der Waals surface area (Å²) < 4.78 is 5.88. The molecule has 0 spiro atoms. The number of amides is 1. The highest BCUT2D eigenvalue weighted by Crippen LogP contribution is 2.26. The van der Waals surface area contributed by atoms with E-state index in [2.05, 4.69) is 35.8 Å². The van der Waals surface area contributed by atoms with Crippen LogP contribution in [0.3, 0.4) is 0 Å². The standard InChI is InChI=1S/C33H33N7O2/c1-23-8-9-26(37-31-29-7-3-2-6-24(29)14-15-34-31)20-30(23)32(41)38-27-21-35-33(36-22-27)39-25-10-12-28(13-11-25)42-19-18-40-16-4-5-17-40/h2-3,6-15,20-22H,4-5,16-19H2,1H3,(H,34,37)(H,38,41)(H,35,36,39). The Morgan fingerprint density at radius 3 is 2.43 bits per heavy atom. The van der Waals surface area contributed by atoms with Gasteiger partial charge in [0.05, 0.1) is 18.1 Å². The highest BCUT2D eigenvalue weighted by atomic mass is 16.5. The molecule has 0 atom stereocenters. The highest BCUT2D eigenvalue weighted by molar-refractivity contribution is 6.06. The van der Waals surface area contributed by atoms with Gasteiger partial charge in [0.25, 0.3) is 5.91 Å². The maximum absolute atomic E-state index is 13.2. The van der Waals surface area contributed by atoms with Gasteiger partial charge in [0.1, 0.15) is 18.2 Å². The Hall–Kier alpha value is -5.02. The molecule has 1 fully saturated rings. The van der Waals surface area contributed by atoms with Crippen molar-refractivity contribution in [2.75, 3.05) is 42.2 Å². The van der Waals surface area contributed by atoms with Gasteiger partial charge in [0.2, 0.25) is 5.95 Å². The molecule has 6 rings (SSSR count). The van der Waals surface area contributed by atoms with Gasteiger partial charge < -0.3 is 20.7 Å². The molecule has 0 saturated carbocycles. The summed E-state index contributed by atoms with van der Waals surface area (Å²) >= 11 is 0. The van der Waals surface area contributed by atoms with Crippen molar-refractivity contribution < 1.29 is 9.53 Å². The number of aryl methyl sites for hydroxylation is 1. The molecule has 5 aromatic rings. The smallest absolute Gasteiger partial charge is 0.256 e. The van der Waals surface area contributed by atoms with Gasteiger partial charge in [0.15, 0.2) is 0 Å². The lowest BCUT2D eigenvalue weighted by molar-refractivity contribution is 0.102. The van der Waals surface area contributed by atoms with Crippen LogP contribution in [0.2, 0.25) is 0 Å². The molecule has 2 aromatic heterocycles. The molecule has 9 heteroatoms. The van der Waals surface area contributed by atoms with Crippen molar-refractivity contribution >= 4 is 45.5 Å². The lowest BCUT2D eigenvalue weighted by Gasteiger charge is -2.15. The van der Waals surface area contributed by atoms with Crippen molar-refractivity contribution in [2.45, 2.75) is 19.8 Å². The van der Waals surface area contributed by atoms with E-state index in [9.17, 15) is 4.79 Å². The number of benzene rings is 3. The molecule has 1 amide bonds. The first-order valence-corrected chi connectivity index (χ1v) is 14.2. The number of carbonyl (C=O) groups excluding carboxylic acids is 1. The maximum atomic E-state index is 13.2. The Balaban J connectivity index is 1.05. The summed E-state index contributed by atoms with van der Waals surface area (Å²) in [4.78, 5) is 28.8. The van der Waals surface area contributed by atoms with Crippen molar-refractivity contribution in [3.05, 3.63) is 103 Å². The van der Waals surface area contributed by atoms with Crippen LogP contribution in [0.1, 0.15) is 28.8 Å². The van der Waals surface area contributed by atoms with E-state index in [-0.39, 0.29) is 5.91 Å². The Bertz CT molecular complexity index is 1660. The average molecular weight is 560 g/mol. The van der Waals surface area contributed by atoms with Gasteiger partial charge in [-0.15, -0.1) is 0 Å². The molecule has 1 aliphatic rings. The van der Waals surface area contributed by atoms with E-state index in [0.29, 0.717) is 23.8 Å². The maximum Gasteiger partial charge on any atom is 0.256 e. The molecule has 0 unspecified atom stereocenters. The third kappa shape index (κ3) is 6.64. The van der Waals surface area contributed by atoms with E-state index in [1.165, 1.54) is 25.9 Å². The average Bonchev–Trinajstić information content (AvgIpc) is 3.54. The lowest BCUT2D eigenvalue weighted by Crippen LogP contribution is -2.25. The summed E-state index contributed by atoms with van der Waals surface area (Å²) in [7, 11) is 0. The number of ether oxygens (including phenoxy) is 1. The van der Waals surface area contributed by atoms with Crippen molar-refractivity contribution in [1.82, 2.24) is 19.9 Å². The van der Waals surface area contributed by atoms with Crippen LogP contribution in [-0.2, 0) is 0 Å². The van der Waals surface area contributed by atoms with Crippen molar-refractivity contribution in [2.24, 2.45) is 0 Å². The Labute approximate surface area is 245 Å². The predicted molar refractivity (Wildman–Crippen MR) is 167 cm³/mol. The highest BCUT2D eigenvalue weighted by Gasteiger charge is 2.13. The first-order chi connectivity index (χ1) is 20.6. The van der Waals surface area contributed by atoms with Crippen LogP contribution in [0.5, 0.6) is 5.75 Å². The van der Waals surface area contributed by atoms with E-state index >= 15 is 0 Å². The van der Waals surface area contributed by atoms with Crippen LogP contribution in [0.15, 0.2) is 91.4 Å². The molecule has 3 heterocycles. The lowest BCUT2D eigenvalue weighted by atomic mass is 10.1. The SMILES string of the molecule is Cc1ccc(Nc2nccc3ccccc23)cc1C(=O)Nc1cnc(Nc2ccc(OCCN3CCCC3)cc2)nc1. The van der Waals surface area contributed by atoms with Gasteiger partial charge in [-0.05, 0) is 86.3 Å². The number of nitrogens with one attached hydrogen (secondary N) is 3. The normalized spacial score (nSPS) is 13.2. The first-order valence-electron chi connectivity index (χ1n) is 14.2. The number of hydrogen-bond acceptors (Lipinski definition) is 8. The number of likely N-dealkylation sites (tertiary alicyclic amines) is 1. The third-order valence-corrected chi connectivity index (χ3v) is 7.31. The number of nitrogens with zero attached hydrogens (tertiary/aromatic N) is 4. The minimum absolute atomic E-state index is 0.244. The molecule has 212 valence electrons. The fourth-order valence-electron chi connectivity index (χ4n) is 5.02. The molecule has 1 saturated heterocycles. The number of fused-ring (bicyclic) bond motifs is 1. The zero-order valence-corrected chi connectivity index (χ0v) is 23.5. The van der Waals surface area contributed by atoms with Gasteiger partial charge >= 0.3 is 0 Å². The summed E-state index contributed by atoms with van der Waals surface area (Å²) in [6, 6.07) is 23.4. The van der Waals surface area contributed by atoms with E-state index in [0.717, 1.165) is 45.8 Å². The quantitative estimate of drug-likeness (QED) is 0.177. The minimum atomic E-state index is -0.244. The van der Waals surface area contributed by atoms with Gasteiger partial charge in [0, 0.05) is 35.1 Å². The Kier molecular flexibility index (Phi) is 8.19. The number of carbonyl (C=O) groups is 1. The number of pyridine rings is 1. The van der Waals surface area contributed by atoms with Gasteiger partial charge in [-0.3, -0.25) is 9.69 Å². The molecule has 42 heavy (non-hydrogen) atoms. The van der Waals surface area contributed by atoms with Crippen LogP contribution in [0, 0.1) is 6.92 Å². The molecule has 3 N–H and O–H groups in total. The monoisotopic (exact) mass is 559 g/mol. The van der Waals surface area contributed by atoms with E-state index in [4.69, 9.17) is 4.74 Å². The summed E-state index contributed by atoms with van der Waals surface area (Å²) in [5.74, 6) is 1.76. The predicted octanol–water partition coefficient (Wildman–Crippen LogP) is 6.55. The van der Waals surface area contributed by atoms with Gasteiger partial charge in [-0.2, -0.15) is 0 Å². The molecule has 0 bridgehead atoms. The van der Waals surface area contributed by atoms with Crippen molar-refractivity contribution in [1.29, 1.82) is 0 Å². The zero-order chi connectivity index (χ0) is 28.7. The largest absolute Gasteiger partial charge is 0.492 e. The second-order valence-electron chi connectivity index (χ2n) is 10.3. The second kappa shape index (κ2) is 12.7. The van der Waals surface area contributed by atoms with Crippen molar-refractivity contribution in [3.63, 3.8) is 0 Å². The van der Waals surface area contributed by atoms with Crippen LogP contribution in [0.25, 0.3) is 10.8 Å². The number of anilines is 5. The van der Waals surface area contributed by atoms with Gasteiger partial charge in [-0.25, -0.2) is 15.0 Å². The number of aromatic nitrogens is 3. The van der Waals surface area contributed by atoms with E-state index < -0.39 is 0 Å².